The maximum Gasteiger partial charge on any atom is 0.337 e. The Hall–Kier alpha value is -2.66. The molecule has 0 aliphatic heterocycles. The van der Waals surface area contributed by atoms with Crippen molar-refractivity contribution < 1.29 is 24.7 Å². The molecule has 18 heavy (non-hydrogen) atoms. The lowest BCUT2D eigenvalue weighted by molar-refractivity contribution is -0.385. The van der Waals surface area contributed by atoms with Crippen LogP contribution >= 0.6 is 0 Å². The zero-order chi connectivity index (χ0) is 13.9. The quantitative estimate of drug-likeness (QED) is 0.591. The molecule has 0 aliphatic carbocycles. The van der Waals surface area contributed by atoms with Crippen LogP contribution in [0.3, 0.4) is 0 Å². The number of carboxylic acid groups (broad SMARTS) is 1. The fourth-order valence-corrected chi connectivity index (χ4v) is 1.35. The van der Waals surface area contributed by atoms with Crippen LogP contribution in [0, 0.1) is 21.4 Å². The van der Waals surface area contributed by atoms with Crippen LogP contribution in [0.25, 0.3) is 0 Å². The van der Waals surface area contributed by atoms with Gasteiger partial charge < -0.3 is 14.9 Å². The molecule has 1 atom stereocenters. The number of rotatable bonds is 4. The fourth-order valence-electron chi connectivity index (χ4n) is 1.35. The Kier molecular flexibility index (Phi) is 3.81. The summed E-state index contributed by atoms with van der Waals surface area (Å²) in [5.74, 6) is -1.72. The average Bonchev–Trinajstić information content (AvgIpc) is 2.35. The van der Waals surface area contributed by atoms with Gasteiger partial charge in [0.25, 0.3) is 5.69 Å². The highest BCUT2D eigenvalue weighted by atomic mass is 16.6. The number of ether oxygens (including phenoxy) is 1. The summed E-state index contributed by atoms with van der Waals surface area (Å²) in [5.41, 5.74) is -1.08. The first-order chi connectivity index (χ1) is 8.42. The second-order valence-corrected chi connectivity index (χ2v) is 3.22. The third-order valence-electron chi connectivity index (χ3n) is 2.19. The number of nitriles is 1. The molecule has 1 rings (SSSR count). The third kappa shape index (κ3) is 2.36. The van der Waals surface area contributed by atoms with Crippen LogP contribution in [0.4, 0.5) is 5.69 Å². The maximum atomic E-state index is 10.7. The lowest BCUT2D eigenvalue weighted by Crippen LogP contribution is -2.12. The van der Waals surface area contributed by atoms with Crippen molar-refractivity contribution in [3.05, 3.63) is 33.4 Å². The third-order valence-corrected chi connectivity index (χ3v) is 2.19. The molecule has 0 radical (unpaired) electrons. The molecular weight excluding hydrogens is 244 g/mol. The lowest BCUT2D eigenvalue weighted by atomic mass is 10.0. The summed E-state index contributed by atoms with van der Waals surface area (Å²) < 4.78 is 4.77. The molecule has 0 aliphatic rings. The fraction of sp³-hybridized carbons (Fsp3) is 0.200. The highest BCUT2D eigenvalue weighted by Gasteiger charge is 2.25. The second-order valence-electron chi connectivity index (χ2n) is 3.22. The molecule has 0 saturated heterocycles. The summed E-state index contributed by atoms with van der Waals surface area (Å²) in [7, 11) is 1.17. The van der Waals surface area contributed by atoms with Crippen LogP contribution < -0.4 is 4.74 Å². The van der Waals surface area contributed by atoms with Crippen molar-refractivity contribution in [1.29, 1.82) is 5.26 Å². The molecular formula is C10H8N2O6. The number of aliphatic carboxylic acids is 1. The summed E-state index contributed by atoms with van der Waals surface area (Å²) in [6.07, 6.45) is -1.92. The molecule has 0 bridgehead atoms. The minimum atomic E-state index is -1.92. The highest BCUT2D eigenvalue weighted by Crippen LogP contribution is 2.32. The number of carboxylic acids is 1. The number of aliphatic hydroxyl groups excluding tert-OH is 1. The highest BCUT2D eigenvalue weighted by molar-refractivity contribution is 5.76. The van der Waals surface area contributed by atoms with Gasteiger partial charge in [-0.25, -0.2) is 4.79 Å². The van der Waals surface area contributed by atoms with Gasteiger partial charge >= 0.3 is 5.97 Å². The Morgan fingerprint density at radius 2 is 2.22 bits per heavy atom. The number of benzene rings is 1. The van der Waals surface area contributed by atoms with Crippen molar-refractivity contribution >= 4 is 11.7 Å². The van der Waals surface area contributed by atoms with E-state index >= 15 is 0 Å². The Bertz CT molecular complexity index is 548. The van der Waals surface area contributed by atoms with Gasteiger partial charge in [-0.15, -0.1) is 0 Å². The number of nitrogens with zero attached hydrogens (tertiary/aromatic N) is 2. The predicted octanol–water partition coefficient (Wildman–Crippen LogP) is 0.593. The molecule has 0 fully saturated rings. The molecule has 1 aromatic rings. The topological polar surface area (TPSA) is 134 Å². The predicted molar refractivity (Wildman–Crippen MR) is 57.0 cm³/mol. The van der Waals surface area contributed by atoms with E-state index in [-0.39, 0.29) is 16.9 Å². The van der Waals surface area contributed by atoms with Gasteiger partial charge in [0.1, 0.15) is 17.4 Å². The van der Waals surface area contributed by atoms with Crippen LogP contribution in [0.1, 0.15) is 17.2 Å². The molecule has 1 unspecified atom stereocenters. The van der Waals surface area contributed by atoms with Crippen molar-refractivity contribution in [2.45, 2.75) is 6.10 Å². The first kappa shape index (κ1) is 13.4. The van der Waals surface area contributed by atoms with Crippen molar-refractivity contribution in [3.8, 4) is 11.8 Å². The van der Waals surface area contributed by atoms with Crippen LogP contribution in [-0.4, -0.2) is 28.2 Å². The van der Waals surface area contributed by atoms with E-state index in [2.05, 4.69) is 0 Å². The smallest absolute Gasteiger partial charge is 0.337 e. The minimum absolute atomic E-state index is 0.171. The summed E-state index contributed by atoms with van der Waals surface area (Å²) in [4.78, 5) is 20.6. The summed E-state index contributed by atoms with van der Waals surface area (Å²) in [6, 6.07) is 3.39. The number of nitro groups is 1. The molecule has 94 valence electrons. The van der Waals surface area contributed by atoms with E-state index < -0.39 is 22.7 Å². The first-order valence-electron chi connectivity index (χ1n) is 4.59. The molecule has 1 aromatic carbocycles. The Balaban J connectivity index is 3.50. The van der Waals surface area contributed by atoms with Crippen molar-refractivity contribution in [3.63, 3.8) is 0 Å². The minimum Gasteiger partial charge on any atom is -0.496 e. The molecule has 8 heteroatoms. The number of carbonyl (C=O) groups is 1. The van der Waals surface area contributed by atoms with Gasteiger partial charge in [-0.1, -0.05) is 0 Å². The molecule has 0 heterocycles. The zero-order valence-corrected chi connectivity index (χ0v) is 9.15. The van der Waals surface area contributed by atoms with Gasteiger partial charge in [-0.3, -0.25) is 10.1 Å². The first-order valence-corrected chi connectivity index (χ1v) is 4.59. The van der Waals surface area contributed by atoms with Gasteiger partial charge in [0.05, 0.1) is 18.1 Å². The number of hydrogen-bond acceptors (Lipinski definition) is 6. The van der Waals surface area contributed by atoms with Crippen molar-refractivity contribution in [2.24, 2.45) is 0 Å². The van der Waals surface area contributed by atoms with Crippen molar-refractivity contribution in [2.75, 3.05) is 7.11 Å². The largest absolute Gasteiger partial charge is 0.496 e. The molecule has 0 saturated carbocycles. The van der Waals surface area contributed by atoms with Crippen LogP contribution in [0.15, 0.2) is 12.1 Å². The normalized spacial score (nSPS) is 11.4. The van der Waals surface area contributed by atoms with E-state index in [0.717, 1.165) is 12.1 Å². The zero-order valence-electron chi connectivity index (χ0n) is 9.15. The lowest BCUT2D eigenvalue weighted by Gasteiger charge is -2.11. The SMILES string of the molecule is COc1cc([N+](=O)[O-])c(C#N)cc1C(O)C(=O)O. The number of aliphatic hydroxyl groups is 1. The van der Waals surface area contributed by atoms with Crippen LogP contribution in [0.2, 0.25) is 0 Å². The van der Waals surface area contributed by atoms with Gasteiger partial charge in [0.2, 0.25) is 0 Å². The summed E-state index contributed by atoms with van der Waals surface area (Å²) in [5, 5.41) is 37.5. The van der Waals surface area contributed by atoms with Gasteiger partial charge in [0.15, 0.2) is 6.10 Å². The van der Waals surface area contributed by atoms with Gasteiger partial charge in [0, 0.05) is 5.56 Å². The number of nitro benzene ring substituents is 1. The van der Waals surface area contributed by atoms with E-state index in [1.54, 1.807) is 6.07 Å². The Morgan fingerprint density at radius 3 is 2.61 bits per heavy atom. The van der Waals surface area contributed by atoms with E-state index in [9.17, 15) is 20.0 Å². The second kappa shape index (κ2) is 5.11. The monoisotopic (exact) mass is 252 g/mol. The molecule has 2 N–H and O–H groups in total. The maximum absolute atomic E-state index is 10.7. The summed E-state index contributed by atoms with van der Waals surface area (Å²) in [6.45, 7) is 0. The van der Waals surface area contributed by atoms with E-state index in [1.165, 1.54) is 7.11 Å². The number of hydrogen-bond donors (Lipinski definition) is 2. The van der Waals surface area contributed by atoms with Gasteiger partial charge in [-0.2, -0.15) is 5.26 Å². The Morgan fingerprint density at radius 1 is 1.61 bits per heavy atom. The number of methoxy groups -OCH3 is 1. The molecule has 0 amide bonds. The van der Waals surface area contributed by atoms with Crippen molar-refractivity contribution in [1.82, 2.24) is 0 Å². The molecule has 8 nitrogen and oxygen atoms in total. The van der Waals surface area contributed by atoms with E-state index in [0.29, 0.717) is 0 Å². The molecule has 0 aromatic heterocycles. The Labute approximate surface area is 101 Å². The van der Waals surface area contributed by atoms with E-state index in [1.807, 2.05) is 0 Å². The average molecular weight is 252 g/mol. The standard InChI is InChI=1S/C10H8N2O6/c1-18-8-3-7(12(16)17)5(4-11)2-6(8)9(13)10(14)15/h2-3,9,13H,1H3,(H,14,15). The van der Waals surface area contributed by atoms with E-state index in [4.69, 9.17) is 15.1 Å². The van der Waals surface area contributed by atoms with Gasteiger partial charge in [-0.05, 0) is 6.07 Å². The summed E-state index contributed by atoms with van der Waals surface area (Å²) >= 11 is 0. The molecule has 0 spiro atoms. The van der Waals surface area contributed by atoms with Crippen LogP contribution in [-0.2, 0) is 4.79 Å². The van der Waals surface area contributed by atoms with Crippen LogP contribution in [0.5, 0.6) is 5.75 Å².